The Morgan fingerprint density at radius 3 is 2.65 bits per heavy atom. The van der Waals surface area contributed by atoms with Gasteiger partial charge in [-0.25, -0.2) is 4.98 Å². The van der Waals surface area contributed by atoms with Gasteiger partial charge in [0.25, 0.3) is 0 Å². The molecule has 5 aromatic rings. The van der Waals surface area contributed by atoms with Gasteiger partial charge < -0.3 is 0 Å². The van der Waals surface area contributed by atoms with Crippen LogP contribution in [0.3, 0.4) is 0 Å². The Kier molecular flexibility index (Phi) is 2.70. The maximum Gasteiger partial charge on any atom is 0.147 e. The lowest BCUT2D eigenvalue weighted by atomic mass is 9.99. The summed E-state index contributed by atoms with van der Waals surface area (Å²) in [6, 6.07) is 19.2. The fourth-order valence-electron chi connectivity index (χ4n) is 3.48. The average Bonchev–Trinajstić information content (AvgIpc) is 2.95. The Hall–Kier alpha value is -2.16. The Balaban J connectivity index is 2.21. The summed E-state index contributed by atoms with van der Waals surface area (Å²) < 4.78 is 2.35. The van der Waals surface area contributed by atoms with Crippen LogP contribution in [-0.2, 0) is 0 Å². The molecule has 0 fully saturated rings. The first-order valence-corrected chi connectivity index (χ1v) is 8.72. The van der Waals surface area contributed by atoms with Crippen molar-refractivity contribution in [3.05, 3.63) is 65.3 Å². The minimum atomic E-state index is 0.600. The van der Waals surface area contributed by atoms with Crippen molar-refractivity contribution in [1.82, 2.24) is 4.98 Å². The van der Waals surface area contributed by atoms with E-state index in [9.17, 15) is 0 Å². The van der Waals surface area contributed by atoms with Crippen LogP contribution in [0.1, 0.15) is 5.56 Å². The van der Waals surface area contributed by atoms with Crippen LogP contribution in [0.2, 0.25) is 5.15 Å². The van der Waals surface area contributed by atoms with E-state index in [2.05, 4.69) is 54.4 Å². The van der Waals surface area contributed by atoms with E-state index in [-0.39, 0.29) is 0 Å². The van der Waals surface area contributed by atoms with Gasteiger partial charge in [-0.1, -0.05) is 54.1 Å². The van der Waals surface area contributed by atoms with Crippen molar-refractivity contribution in [3.8, 4) is 0 Å². The minimum Gasteiger partial charge on any atom is -0.235 e. The van der Waals surface area contributed by atoms with Crippen LogP contribution in [-0.4, -0.2) is 4.98 Å². The van der Waals surface area contributed by atoms with Gasteiger partial charge in [0.1, 0.15) is 5.15 Å². The molecule has 0 unspecified atom stereocenters. The molecule has 0 atom stereocenters. The molecule has 3 aromatic carbocycles. The third-order valence-corrected chi connectivity index (χ3v) is 6.03. The first kappa shape index (κ1) is 13.3. The SMILES string of the molecule is Cc1cccc2nc(Cl)c3sc4ccc5ccccc5c4c3c12. The lowest BCUT2D eigenvalue weighted by Gasteiger charge is -2.06. The normalized spacial score (nSPS) is 11.9. The lowest BCUT2D eigenvalue weighted by molar-refractivity contribution is 1.43. The van der Waals surface area contributed by atoms with E-state index in [1.54, 1.807) is 11.3 Å². The average molecular weight is 334 g/mol. The zero-order valence-corrected chi connectivity index (χ0v) is 14.0. The molecule has 23 heavy (non-hydrogen) atoms. The van der Waals surface area contributed by atoms with Crippen LogP contribution in [0.5, 0.6) is 0 Å². The quantitative estimate of drug-likeness (QED) is 0.287. The van der Waals surface area contributed by atoms with Gasteiger partial charge >= 0.3 is 0 Å². The van der Waals surface area contributed by atoms with Gasteiger partial charge in [0.2, 0.25) is 0 Å². The molecular formula is C20H12ClNS. The smallest absolute Gasteiger partial charge is 0.147 e. The van der Waals surface area contributed by atoms with Gasteiger partial charge in [0.15, 0.2) is 0 Å². The molecule has 0 radical (unpaired) electrons. The Bertz CT molecular complexity index is 1240. The summed E-state index contributed by atoms with van der Waals surface area (Å²) >= 11 is 8.24. The topological polar surface area (TPSA) is 12.9 Å². The first-order valence-electron chi connectivity index (χ1n) is 7.53. The Morgan fingerprint density at radius 2 is 1.74 bits per heavy atom. The van der Waals surface area contributed by atoms with Crippen LogP contribution >= 0.6 is 22.9 Å². The van der Waals surface area contributed by atoms with Crippen LogP contribution in [0.4, 0.5) is 0 Å². The summed E-state index contributed by atoms with van der Waals surface area (Å²) in [7, 11) is 0. The second-order valence-electron chi connectivity index (χ2n) is 5.84. The second-order valence-corrected chi connectivity index (χ2v) is 7.25. The number of aromatic nitrogens is 1. The number of benzene rings is 3. The molecule has 3 heteroatoms. The van der Waals surface area contributed by atoms with Crippen molar-refractivity contribution in [2.45, 2.75) is 6.92 Å². The van der Waals surface area contributed by atoms with E-state index < -0.39 is 0 Å². The predicted molar refractivity (Wildman–Crippen MR) is 102 cm³/mol. The predicted octanol–water partition coefficient (Wildman–Crippen LogP) is 6.72. The van der Waals surface area contributed by atoms with E-state index in [0.29, 0.717) is 5.15 Å². The van der Waals surface area contributed by atoms with Crippen LogP contribution in [0.25, 0.3) is 41.8 Å². The van der Waals surface area contributed by atoms with Crippen molar-refractivity contribution >= 4 is 64.8 Å². The number of halogens is 1. The highest BCUT2D eigenvalue weighted by molar-refractivity contribution is 7.26. The zero-order chi connectivity index (χ0) is 15.6. The number of thiophene rings is 1. The zero-order valence-electron chi connectivity index (χ0n) is 12.4. The highest BCUT2D eigenvalue weighted by Gasteiger charge is 2.16. The fraction of sp³-hybridized carbons (Fsp3) is 0.0500. The van der Waals surface area contributed by atoms with Gasteiger partial charge in [0.05, 0.1) is 10.2 Å². The van der Waals surface area contributed by atoms with Crippen molar-refractivity contribution in [3.63, 3.8) is 0 Å². The van der Waals surface area contributed by atoms with Crippen molar-refractivity contribution in [2.75, 3.05) is 0 Å². The highest BCUT2D eigenvalue weighted by atomic mass is 35.5. The monoisotopic (exact) mass is 333 g/mol. The molecule has 0 aliphatic carbocycles. The molecule has 0 saturated carbocycles. The number of fused-ring (bicyclic) bond motifs is 7. The molecule has 0 aliphatic rings. The number of pyridine rings is 1. The summed E-state index contributed by atoms with van der Waals surface area (Å²) in [5, 5.41) is 6.90. The van der Waals surface area contributed by atoms with E-state index in [1.165, 1.54) is 37.2 Å². The number of hydrogen-bond acceptors (Lipinski definition) is 2. The molecule has 110 valence electrons. The number of aryl methyl sites for hydroxylation is 1. The van der Waals surface area contributed by atoms with Crippen LogP contribution in [0, 0.1) is 6.92 Å². The Labute approximate surface area is 142 Å². The lowest BCUT2D eigenvalue weighted by Crippen LogP contribution is -1.85. The summed E-state index contributed by atoms with van der Waals surface area (Å²) in [6.45, 7) is 2.14. The van der Waals surface area contributed by atoms with Crippen molar-refractivity contribution < 1.29 is 0 Å². The van der Waals surface area contributed by atoms with Gasteiger partial charge in [-0.15, -0.1) is 11.3 Å². The minimum absolute atomic E-state index is 0.600. The van der Waals surface area contributed by atoms with Crippen LogP contribution in [0.15, 0.2) is 54.6 Å². The van der Waals surface area contributed by atoms with Crippen molar-refractivity contribution in [1.29, 1.82) is 0 Å². The number of hydrogen-bond donors (Lipinski definition) is 0. The van der Waals surface area contributed by atoms with E-state index >= 15 is 0 Å². The molecule has 0 N–H and O–H groups in total. The standard InChI is InChI=1S/C20H12ClNS/c1-11-5-4-8-14-16(11)18-17-13-7-3-2-6-12(13)9-10-15(17)23-19(18)20(21)22-14/h2-10H,1H3. The van der Waals surface area contributed by atoms with Gasteiger partial charge in [0, 0.05) is 20.9 Å². The number of nitrogens with zero attached hydrogens (tertiary/aromatic N) is 1. The molecule has 0 aliphatic heterocycles. The van der Waals surface area contributed by atoms with Crippen LogP contribution < -0.4 is 0 Å². The molecule has 0 spiro atoms. The van der Waals surface area contributed by atoms with Gasteiger partial charge in [-0.05, 0) is 35.4 Å². The third kappa shape index (κ3) is 1.76. The summed E-state index contributed by atoms with van der Waals surface area (Å²) in [5.74, 6) is 0. The second kappa shape index (κ2) is 4.67. The summed E-state index contributed by atoms with van der Waals surface area (Å²) in [5.41, 5.74) is 2.21. The molecule has 0 bridgehead atoms. The number of rotatable bonds is 0. The van der Waals surface area contributed by atoms with Crippen molar-refractivity contribution in [2.24, 2.45) is 0 Å². The van der Waals surface area contributed by atoms with Gasteiger partial charge in [-0.3, -0.25) is 0 Å². The van der Waals surface area contributed by atoms with E-state index in [0.717, 1.165) is 10.2 Å². The molecule has 2 aromatic heterocycles. The summed E-state index contributed by atoms with van der Waals surface area (Å²) in [4.78, 5) is 4.62. The molecule has 1 nitrogen and oxygen atoms in total. The highest BCUT2D eigenvalue weighted by Crippen LogP contribution is 2.44. The van der Waals surface area contributed by atoms with E-state index in [1.807, 2.05) is 12.1 Å². The van der Waals surface area contributed by atoms with E-state index in [4.69, 9.17) is 11.6 Å². The maximum atomic E-state index is 6.51. The third-order valence-electron chi connectivity index (χ3n) is 4.49. The first-order chi connectivity index (χ1) is 11.2. The molecule has 0 amide bonds. The Morgan fingerprint density at radius 1 is 0.870 bits per heavy atom. The fourth-order valence-corrected chi connectivity index (χ4v) is 4.89. The summed E-state index contributed by atoms with van der Waals surface area (Å²) in [6.07, 6.45) is 0. The molecule has 0 saturated heterocycles. The molecular weight excluding hydrogens is 322 g/mol. The van der Waals surface area contributed by atoms with Gasteiger partial charge in [-0.2, -0.15) is 0 Å². The maximum absolute atomic E-state index is 6.51. The largest absolute Gasteiger partial charge is 0.235 e. The molecule has 2 heterocycles. The molecule has 5 rings (SSSR count).